The van der Waals surface area contributed by atoms with Gasteiger partial charge in [0.2, 0.25) is 0 Å². The summed E-state index contributed by atoms with van der Waals surface area (Å²) in [5.74, 6) is 0. The Kier molecular flexibility index (Phi) is 5.60. The molecule has 4 nitrogen and oxygen atoms in total. The molecule has 0 bridgehead atoms. The largest absolute Gasteiger partial charge is 0.456 e. The van der Waals surface area contributed by atoms with E-state index in [9.17, 15) is 0 Å². The van der Waals surface area contributed by atoms with Crippen LogP contribution in [0, 0.1) is 0 Å². The first-order valence-electron chi connectivity index (χ1n) is 16.0. The van der Waals surface area contributed by atoms with Crippen molar-refractivity contribution < 1.29 is 8.83 Å². The maximum Gasteiger partial charge on any atom is 0.136 e. The molecule has 1 aliphatic heterocycles. The van der Waals surface area contributed by atoms with Crippen molar-refractivity contribution in [1.82, 2.24) is 0 Å². The summed E-state index contributed by atoms with van der Waals surface area (Å²) in [4.78, 5) is 2.39. The fourth-order valence-corrected chi connectivity index (χ4v) is 7.18. The predicted octanol–water partition coefficient (Wildman–Crippen LogP) is 12.1. The number of hydrogen-bond donors (Lipinski definition) is 1. The fourth-order valence-electron chi connectivity index (χ4n) is 7.18. The van der Waals surface area contributed by atoms with Crippen molar-refractivity contribution in [2.24, 2.45) is 0 Å². The van der Waals surface area contributed by atoms with Gasteiger partial charge in [0.05, 0.1) is 11.4 Å². The predicted molar refractivity (Wildman–Crippen MR) is 193 cm³/mol. The minimum Gasteiger partial charge on any atom is -0.456 e. The molecule has 1 unspecified atom stereocenters. The van der Waals surface area contributed by atoms with Gasteiger partial charge in [-0.15, -0.1) is 0 Å². The molecule has 0 saturated carbocycles. The van der Waals surface area contributed by atoms with E-state index < -0.39 is 0 Å². The molecule has 0 spiro atoms. The van der Waals surface area contributed by atoms with Gasteiger partial charge in [-0.25, -0.2) is 0 Å². The van der Waals surface area contributed by atoms with Gasteiger partial charge in [-0.2, -0.15) is 0 Å². The van der Waals surface area contributed by atoms with Gasteiger partial charge in [-0.3, -0.25) is 0 Å². The average molecular weight is 605 g/mol. The SMILES string of the molecule is c1ccc(C2Nc3ccccc3N2c2cccc(-c3ccc(-c4ccc5oc6cc7c(cc6c5c4)oc4ccccc47)cc3)c2)cc1. The third-order valence-corrected chi connectivity index (χ3v) is 9.47. The molecule has 1 N–H and O–H groups in total. The third-order valence-electron chi connectivity index (χ3n) is 9.47. The highest BCUT2D eigenvalue weighted by Crippen LogP contribution is 2.46. The molecule has 1 atom stereocenters. The van der Waals surface area contributed by atoms with Crippen LogP contribution in [0.5, 0.6) is 0 Å². The van der Waals surface area contributed by atoms with E-state index in [2.05, 4.69) is 150 Å². The van der Waals surface area contributed by atoms with Gasteiger partial charge < -0.3 is 19.1 Å². The van der Waals surface area contributed by atoms with E-state index in [1.165, 1.54) is 22.4 Å². The Balaban J connectivity index is 0.999. The molecule has 4 heteroatoms. The van der Waals surface area contributed by atoms with Crippen LogP contribution in [0.25, 0.3) is 66.1 Å². The molecular formula is C43H28N2O2. The van der Waals surface area contributed by atoms with Gasteiger partial charge in [0.15, 0.2) is 0 Å². The van der Waals surface area contributed by atoms with Crippen molar-refractivity contribution >= 4 is 60.9 Å². The number of benzene rings is 7. The number of rotatable bonds is 4. The minimum absolute atomic E-state index is 0.0167. The number of anilines is 3. The first-order chi connectivity index (χ1) is 23.3. The quantitative estimate of drug-likeness (QED) is 0.217. The van der Waals surface area contributed by atoms with Gasteiger partial charge in [-0.1, -0.05) is 103 Å². The minimum atomic E-state index is 0.0167. The van der Waals surface area contributed by atoms with Crippen LogP contribution < -0.4 is 10.2 Å². The number of hydrogen-bond acceptors (Lipinski definition) is 4. The zero-order valence-electron chi connectivity index (χ0n) is 25.4. The highest BCUT2D eigenvalue weighted by Gasteiger charge is 2.31. The topological polar surface area (TPSA) is 41.5 Å². The Labute approximate surface area is 271 Å². The number of nitrogens with zero attached hydrogens (tertiary/aromatic N) is 1. The van der Waals surface area contributed by atoms with Crippen LogP contribution in [0.4, 0.5) is 17.1 Å². The molecule has 0 saturated heterocycles. The first-order valence-corrected chi connectivity index (χ1v) is 16.0. The van der Waals surface area contributed by atoms with E-state index in [-0.39, 0.29) is 6.17 Å². The average Bonchev–Trinajstić information content (AvgIpc) is 3.82. The number of furan rings is 2. The number of para-hydroxylation sites is 3. The molecule has 3 heterocycles. The molecule has 0 radical (unpaired) electrons. The summed E-state index contributed by atoms with van der Waals surface area (Å²) in [6.07, 6.45) is 0.0167. The van der Waals surface area contributed by atoms with E-state index in [0.29, 0.717) is 0 Å². The van der Waals surface area contributed by atoms with E-state index in [1.54, 1.807) is 0 Å². The van der Waals surface area contributed by atoms with Gasteiger partial charge >= 0.3 is 0 Å². The summed E-state index contributed by atoms with van der Waals surface area (Å²) < 4.78 is 12.5. The molecule has 9 aromatic rings. The van der Waals surface area contributed by atoms with Crippen molar-refractivity contribution in [3.63, 3.8) is 0 Å². The molecular weight excluding hydrogens is 576 g/mol. The van der Waals surface area contributed by atoms with Gasteiger partial charge in [-0.05, 0) is 82.4 Å². The molecule has 0 amide bonds. The lowest BCUT2D eigenvalue weighted by atomic mass is 9.98. The second-order valence-electron chi connectivity index (χ2n) is 12.2. The molecule has 0 fully saturated rings. The van der Waals surface area contributed by atoms with Crippen LogP contribution in [-0.4, -0.2) is 0 Å². The smallest absolute Gasteiger partial charge is 0.136 e. The highest BCUT2D eigenvalue weighted by atomic mass is 16.3. The first kappa shape index (κ1) is 26.0. The summed E-state index contributed by atoms with van der Waals surface area (Å²) in [6, 6.07) is 55.7. The second kappa shape index (κ2) is 10.1. The summed E-state index contributed by atoms with van der Waals surface area (Å²) in [5, 5.41) is 8.07. The van der Waals surface area contributed by atoms with Crippen LogP contribution in [-0.2, 0) is 0 Å². The molecule has 7 aromatic carbocycles. The van der Waals surface area contributed by atoms with Crippen molar-refractivity contribution in [3.05, 3.63) is 163 Å². The lowest BCUT2D eigenvalue weighted by Crippen LogP contribution is -2.23. The summed E-state index contributed by atoms with van der Waals surface area (Å²) in [6.45, 7) is 0. The van der Waals surface area contributed by atoms with Crippen LogP contribution in [0.2, 0.25) is 0 Å². The van der Waals surface area contributed by atoms with Gasteiger partial charge in [0, 0.05) is 27.2 Å². The normalized spacial score (nSPS) is 14.3. The van der Waals surface area contributed by atoms with Crippen LogP contribution in [0.3, 0.4) is 0 Å². The van der Waals surface area contributed by atoms with E-state index in [4.69, 9.17) is 8.83 Å². The Hall–Kier alpha value is -6.26. The van der Waals surface area contributed by atoms with Crippen molar-refractivity contribution in [2.75, 3.05) is 10.2 Å². The van der Waals surface area contributed by atoms with E-state index in [1.807, 2.05) is 18.2 Å². The lowest BCUT2D eigenvalue weighted by molar-refractivity contribution is 0.664. The van der Waals surface area contributed by atoms with Crippen molar-refractivity contribution in [1.29, 1.82) is 0 Å². The number of fused-ring (bicyclic) bond motifs is 7. The lowest BCUT2D eigenvalue weighted by Gasteiger charge is -2.28. The molecule has 10 rings (SSSR count). The molecule has 1 aliphatic rings. The zero-order chi connectivity index (χ0) is 30.9. The maximum absolute atomic E-state index is 6.31. The number of nitrogens with one attached hydrogen (secondary N) is 1. The highest BCUT2D eigenvalue weighted by molar-refractivity contribution is 6.15. The molecule has 47 heavy (non-hydrogen) atoms. The summed E-state index contributed by atoms with van der Waals surface area (Å²) in [5.41, 5.74) is 12.9. The second-order valence-corrected chi connectivity index (χ2v) is 12.2. The van der Waals surface area contributed by atoms with Crippen molar-refractivity contribution in [2.45, 2.75) is 6.17 Å². The van der Waals surface area contributed by atoms with Gasteiger partial charge in [0.1, 0.15) is 28.5 Å². The zero-order valence-corrected chi connectivity index (χ0v) is 25.4. The Morgan fingerprint density at radius 3 is 1.85 bits per heavy atom. The van der Waals surface area contributed by atoms with Crippen LogP contribution >= 0.6 is 0 Å². The van der Waals surface area contributed by atoms with Gasteiger partial charge in [0.25, 0.3) is 0 Å². The summed E-state index contributed by atoms with van der Waals surface area (Å²) >= 11 is 0. The van der Waals surface area contributed by atoms with Crippen molar-refractivity contribution in [3.8, 4) is 22.3 Å². The fraction of sp³-hybridized carbons (Fsp3) is 0.0233. The monoisotopic (exact) mass is 604 g/mol. The molecule has 2 aromatic heterocycles. The van der Waals surface area contributed by atoms with E-state index >= 15 is 0 Å². The maximum atomic E-state index is 6.31. The molecule has 222 valence electrons. The Morgan fingerprint density at radius 2 is 1.04 bits per heavy atom. The van der Waals surface area contributed by atoms with Crippen LogP contribution in [0.15, 0.2) is 167 Å². The third kappa shape index (κ3) is 4.15. The standard InChI is InChI=1S/C43H28N2O2/c1-2-9-29(10-3-1)43-44-37-14-5-6-15-38(37)45(43)32-12-8-11-30(23-32)27-17-19-28(20-18-27)31-21-22-40-34(24-31)36-26-41-35(25-42(36)47-40)33-13-4-7-16-39(33)46-41/h1-26,43-44H. The molecule has 0 aliphatic carbocycles. The Bertz CT molecular complexity index is 2610. The Morgan fingerprint density at radius 1 is 0.426 bits per heavy atom. The van der Waals surface area contributed by atoms with E-state index in [0.717, 1.165) is 66.4 Å². The van der Waals surface area contributed by atoms with Crippen LogP contribution in [0.1, 0.15) is 11.7 Å². The summed E-state index contributed by atoms with van der Waals surface area (Å²) in [7, 11) is 0.